The van der Waals surface area contributed by atoms with Gasteiger partial charge < -0.3 is 45.6 Å². The monoisotopic (exact) mass is 694 g/mol. The van der Waals surface area contributed by atoms with Gasteiger partial charge in [-0.3, -0.25) is 0 Å². The van der Waals surface area contributed by atoms with E-state index in [0.717, 1.165) is 0 Å². The van der Waals surface area contributed by atoms with Gasteiger partial charge in [-0.1, -0.05) is 51.9 Å². The molecule has 1 aliphatic rings. The molecule has 0 atom stereocenters. The minimum absolute atomic E-state index is 0. The van der Waals surface area contributed by atoms with E-state index in [4.69, 9.17) is 30.9 Å². The van der Waals surface area contributed by atoms with Crippen LogP contribution in [-0.4, -0.2) is 125 Å². The molecule has 0 spiro atoms. The summed E-state index contributed by atoms with van der Waals surface area (Å²) in [5.41, 5.74) is 1.51. The first-order chi connectivity index (χ1) is 20.2. The van der Waals surface area contributed by atoms with E-state index >= 15 is 0 Å². The second-order valence-electron chi connectivity index (χ2n) is 9.32. The first-order valence-electron chi connectivity index (χ1n) is 13.1. The van der Waals surface area contributed by atoms with E-state index in [9.17, 15) is 0 Å². The Morgan fingerprint density at radius 1 is 0.477 bits per heavy atom. The summed E-state index contributed by atoms with van der Waals surface area (Å²) in [6.07, 6.45) is 3.53. The fourth-order valence-electron chi connectivity index (χ4n) is 3.34. The molecule has 1 saturated heterocycles. The third kappa shape index (κ3) is 18.8. The van der Waals surface area contributed by atoms with Crippen LogP contribution >= 0.6 is 0 Å². The van der Waals surface area contributed by atoms with Crippen molar-refractivity contribution in [3.05, 3.63) is 89.5 Å². The van der Waals surface area contributed by atoms with E-state index in [1.165, 1.54) is 76.1 Å². The van der Waals surface area contributed by atoms with E-state index in [1.54, 1.807) is 54.6 Å². The SMILES string of the molecule is CN1CCN(C)CCN(C)CC1.O/N=C/c1ccccc1O.O/N=C/c1ccccc1O.O/N=C/c1ccccc1O.[Fe+3].[Fe]. The largest absolute Gasteiger partial charge is 3.00 e. The van der Waals surface area contributed by atoms with Crippen molar-refractivity contribution in [3.8, 4) is 17.2 Å². The molecule has 0 amide bonds. The van der Waals surface area contributed by atoms with Gasteiger partial charge in [0.25, 0.3) is 0 Å². The number of para-hydroxylation sites is 3. The topological polar surface area (TPSA) is 168 Å². The Kier molecular flexibility index (Phi) is 25.0. The van der Waals surface area contributed by atoms with Gasteiger partial charge >= 0.3 is 17.1 Å². The van der Waals surface area contributed by atoms with E-state index < -0.39 is 0 Å². The number of oxime groups is 3. The molecule has 0 unspecified atom stereocenters. The van der Waals surface area contributed by atoms with E-state index in [2.05, 4.69) is 51.3 Å². The Balaban J connectivity index is 0. The summed E-state index contributed by atoms with van der Waals surface area (Å²) < 4.78 is 0. The van der Waals surface area contributed by atoms with Gasteiger partial charge in [0.05, 0.1) is 18.6 Å². The number of hydrogen-bond acceptors (Lipinski definition) is 12. The van der Waals surface area contributed by atoms with Crippen LogP contribution in [0.15, 0.2) is 88.3 Å². The maximum atomic E-state index is 9.04. The van der Waals surface area contributed by atoms with Crippen LogP contribution in [0.1, 0.15) is 16.7 Å². The van der Waals surface area contributed by atoms with Crippen molar-refractivity contribution in [2.75, 3.05) is 60.4 Å². The predicted molar refractivity (Wildman–Crippen MR) is 165 cm³/mol. The van der Waals surface area contributed by atoms with Crippen LogP contribution in [0, 0.1) is 0 Å². The molecule has 1 aliphatic heterocycles. The second-order valence-corrected chi connectivity index (χ2v) is 9.32. The van der Waals surface area contributed by atoms with E-state index in [1.807, 2.05) is 0 Å². The van der Waals surface area contributed by atoms with Crippen LogP contribution < -0.4 is 0 Å². The van der Waals surface area contributed by atoms with Crippen LogP contribution in [0.4, 0.5) is 0 Å². The average molecular weight is 694 g/mol. The summed E-state index contributed by atoms with van der Waals surface area (Å²) in [5.74, 6) is 0.334. The van der Waals surface area contributed by atoms with Gasteiger partial charge in [-0.15, -0.1) is 0 Å². The first kappa shape index (κ1) is 42.5. The van der Waals surface area contributed by atoms with Gasteiger partial charge in [0, 0.05) is 73.0 Å². The third-order valence-corrected chi connectivity index (χ3v) is 5.99. The number of nitrogens with zero attached hydrogens (tertiary/aromatic N) is 6. The number of likely N-dealkylation sites (N-methyl/N-ethyl adjacent to an activating group) is 3. The van der Waals surface area contributed by atoms with Crippen LogP contribution in [0.3, 0.4) is 0 Å². The Morgan fingerprint density at radius 3 is 0.864 bits per heavy atom. The van der Waals surface area contributed by atoms with E-state index in [-0.39, 0.29) is 51.4 Å². The van der Waals surface area contributed by atoms with Crippen molar-refractivity contribution in [3.63, 3.8) is 0 Å². The molecular formula is C30H42Fe2N6O6+3. The zero-order valence-corrected chi connectivity index (χ0v) is 27.2. The van der Waals surface area contributed by atoms with E-state index in [0.29, 0.717) is 16.7 Å². The summed E-state index contributed by atoms with van der Waals surface area (Å²) >= 11 is 0. The Bertz CT molecular complexity index is 1090. The van der Waals surface area contributed by atoms with Gasteiger partial charge in [0.1, 0.15) is 17.2 Å². The summed E-state index contributed by atoms with van der Waals surface area (Å²) in [7, 11) is 6.60. The quantitative estimate of drug-likeness (QED) is 0.104. The number of benzene rings is 3. The fourth-order valence-corrected chi connectivity index (χ4v) is 3.34. The van der Waals surface area contributed by atoms with Crippen LogP contribution in [0.25, 0.3) is 0 Å². The molecule has 3 aromatic rings. The fraction of sp³-hybridized carbons (Fsp3) is 0.300. The number of phenols is 3. The average Bonchev–Trinajstić information content (AvgIpc) is 3.05. The summed E-state index contributed by atoms with van der Waals surface area (Å²) in [6, 6.07) is 19.9. The number of hydrogen-bond donors (Lipinski definition) is 6. The smallest absolute Gasteiger partial charge is 0.507 e. The van der Waals surface area contributed by atoms with Gasteiger partial charge in [-0.05, 0) is 57.5 Å². The van der Waals surface area contributed by atoms with Gasteiger partial charge in [-0.25, -0.2) is 0 Å². The maximum absolute atomic E-state index is 9.04. The third-order valence-electron chi connectivity index (χ3n) is 5.99. The Morgan fingerprint density at radius 2 is 0.682 bits per heavy atom. The number of rotatable bonds is 3. The molecule has 0 bridgehead atoms. The summed E-state index contributed by atoms with van der Waals surface area (Å²) in [5, 5.41) is 59.8. The summed E-state index contributed by atoms with van der Waals surface area (Å²) in [4.78, 5) is 7.20. The Labute approximate surface area is 280 Å². The Hall–Kier alpha value is -3.61. The summed E-state index contributed by atoms with van der Waals surface area (Å²) in [6.45, 7) is 7.19. The van der Waals surface area contributed by atoms with Crippen LogP contribution in [-0.2, 0) is 34.1 Å². The van der Waals surface area contributed by atoms with Crippen molar-refractivity contribution in [2.45, 2.75) is 0 Å². The van der Waals surface area contributed by atoms with Crippen molar-refractivity contribution in [1.82, 2.24) is 14.7 Å². The molecule has 0 saturated carbocycles. The normalized spacial score (nSPS) is 14.2. The second kappa shape index (κ2) is 25.8. The molecule has 6 N–H and O–H groups in total. The molecule has 241 valence electrons. The molecule has 4 rings (SSSR count). The number of aromatic hydroxyl groups is 3. The van der Waals surface area contributed by atoms with Crippen molar-refractivity contribution in [2.24, 2.45) is 15.5 Å². The van der Waals surface area contributed by atoms with Crippen molar-refractivity contribution >= 4 is 18.6 Å². The molecule has 14 heteroatoms. The van der Waals surface area contributed by atoms with Gasteiger partial charge in [0.15, 0.2) is 0 Å². The molecule has 44 heavy (non-hydrogen) atoms. The molecule has 1 heterocycles. The van der Waals surface area contributed by atoms with Gasteiger partial charge in [-0.2, -0.15) is 0 Å². The van der Waals surface area contributed by atoms with Gasteiger partial charge in [0.2, 0.25) is 0 Å². The zero-order chi connectivity index (χ0) is 31.2. The molecule has 12 nitrogen and oxygen atoms in total. The standard InChI is InChI=1S/C9H21N3.3C7H7NO2.2Fe/c1-10-4-6-11(2)8-9-12(3)7-5-10;3*9-7-4-2-1-3-6(7)5-8-10;;/h4-9H2,1-3H3;3*1-5,9-10H;;/q;;;;;+3/b;3*8-5+;;. The minimum Gasteiger partial charge on any atom is -0.507 e. The zero-order valence-electron chi connectivity index (χ0n) is 25.0. The maximum Gasteiger partial charge on any atom is 3.00 e. The molecule has 1 fully saturated rings. The predicted octanol–water partition coefficient (Wildman–Crippen LogP) is 3.39. The minimum atomic E-state index is 0. The van der Waals surface area contributed by atoms with Crippen LogP contribution in [0.5, 0.6) is 17.2 Å². The molecule has 0 aromatic heterocycles. The van der Waals surface area contributed by atoms with Crippen molar-refractivity contribution in [1.29, 1.82) is 0 Å². The number of phenolic OH excluding ortho intramolecular Hbond substituents is 3. The molecule has 3 aromatic carbocycles. The van der Waals surface area contributed by atoms with Crippen molar-refractivity contribution < 1.29 is 65.1 Å². The van der Waals surface area contributed by atoms with Crippen LogP contribution in [0.2, 0.25) is 0 Å². The first-order valence-corrected chi connectivity index (χ1v) is 13.1. The molecular weight excluding hydrogens is 652 g/mol. The molecule has 0 aliphatic carbocycles. The molecule has 1 radical (unpaired) electrons.